The van der Waals surface area contributed by atoms with Crippen molar-refractivity contribution in [1.82, 2.24) is 0 Å². The molecule has 0 amide bonds. The van der Waals surface area contributed by atoms with Gasteiger partial charge in [0.1, 0.15) is 0 Å². The molecule has 2 nitrogen and oxygen atoms in total. The molecule has 0 aliphatic carbocycles. The summed E-state index contributed by atoms with van der Waals surface area (Å²) in [5.41, 5.74) is 0.720. The SMILES string of the molecule is O/N=C(\Cl)c1ccc(Br)c2ccccc12. The molecule has 0 aromatic heterocycles. The molecule has 2 rings (SSSR count). The van der Waals surface area contributed by atoms with Crippen molar-refractivity contribution in [1.29, 1.82) is 0 Å². The lowest BCUT2D eigenvalue weighted by molar-refractivity contribution is 0.321. The number of rotatable bonds is 1. The Labute approximate surface area is 100 Å². The molecule has 2 aromatic carbocycles. The third kappa shape index (κ3) is 1.85. The standard InChI is InChI=1S/C11H7BrClNO/c12-10-6-5-9(11(13)14-15)7-3-1-2-4-8(7)10/h1-6,15H/b14-11-. The second-order valence-corrected chi connectivity index (χ2v) is 4.24. The highest BCUT2D eigenvalue weighted by Gasteiger charge is 2.07. The van der Waals surface area contributed by atoms with Crippen molar-refractivity contribution in [2.24, 2.45) is 5.16 Å². The molecule has 0 bridgehead atoms. The number of hydrogen-bond donors (Lipinski definition) is 1. The Hall–Kier alpha value is -1.06. The minimum absolute atomic E-state index is 0.0960. The molecule has 1 N–H and O–H groups in total. The molecule has 0 aliphatic heterocycles. The summed E-state index contributed by atoms with van der Waals surface area (Å²) in [7, 11) is 0. The zero-order valence-electron chi connectivity index (χ0n) is 7.61. The monoisotopic (exact) mass is 283 g/mol. The number of fused-ring (bicyclic) bond motifs is 1. The predicted octanol–water partition coefficient (Wildman–Crippen LogP) is 3.98. The van der Waals surface area contributed by atoms with E-state index in [1.54, 1.807) is 0 Å². The summed E-state index contributed by atoms with van der Waals surface area (Å²) >= 11 is 9.26. The molecule has 0 heterocycles. The first-order valence-corrected chi connectivity index (χ1v) is 5.46. The van der Waals surface area contributed by atoms with Gasteiger partial charge in [-0.1, -0.05) is 57.0 Å². The van der Waals surface area contributed by atoms with Gasteiger partial charge in [0.25, 0.3) is 0 Å². The zero-order chi connectivity index (χ0) is 10.8. The summed E-state index contributed by atoms with van der Waals surface area (Å²) in [6.07, 6.45) is 0. The molecule has 0 radical (unpaired) electrons. The first-order valence-electron chi connectivity index (χ1n) is 4.29. The van der Waals surface area contributed by atoms with E-state index in [1.165, 1.54) is 0 Å². The third-order valence-electron chi connectivity index (χ3n) is 2.18. The maximum absolute atomic E-state index is 8.66. The van der Waals surface area contributed by atoms with Gasteiger partial charge in [-0.05, 0) is 22.9 Å². The average molecular weight is 285 g/mol. The molecular weight excluding hydrogens is 277 g/mol. The van der Waals surface area contributed by atoms with E-state index in [0.717, 1.165) is 20.8 Å². The molecule has 0 fully saturated rings. The topological polar surface area (TPSA) is 32.6 Å². The average Bonchev–Trinajstić information content (AvgIpc) is 2.29. The smallest absolute Gasteiger partial charge is 0.175 e. The fourth-order valence-electron chi connectivity index (χ4n) is 1.50. The second kappa shape index (κ2) is 4.21. The summed E-state index contributed by atoms with van der Waals surface area (Å²) < 4.78 is 0.990. The van der Waals surface area contributed by atoms with Crippen molar-refractivity contribution in [2.75, 3.05) is 0 Å². The highest BCUT2D eigenvalue weighted by molar-refractivity contribution is 9.10. The second-order valence-electron chi connectivity index (χ2n) is 3.03. The van der Waals surface area contributed by atoms with Crippen molar-refractivity contribution in [2.45, 2.75) is 0 Å². The van der Waals surface area contributed by atoms with Gasteiger partial charge >= 0.3 is 0 Å². The Morgan fingerprint density at radius 2 is 1.80 bits per heavy atom. The van der Waals surface area contributed by atoms with Crippen molar-refractivity contribution < 1.29 is 5.21 Å². The van der Waals surface area contributed by atoms with Crippen LogP contribution in [0, 0.1) is 0 Å². The summed E-state index contributed by atoms with van der Waals surface area (Å²) in [5.74, 6) is 0. The maximum atomic E-state index is 8.66. The van der Waals surface area contributed by atoms with E-state index in [-0.39, 0.29) is 5.17 Å². The van der Waals surface area contributed by atoms with Gasteiger partial charge in [0.2, 0.25) is 0 Å². The number of nitrogens with zero attached hydrogens (tertiary/aromatic N) is 1. The third-order valence-corrected chi connectivity index (χ3v) is 3.15. The fourth-order valence-corrected chi connectivity index (χ4v) is 2.14. The van der Waals surface area contributed by atoms with E-state index < -0.39 is 0 Å². The largest absolute Gasteiger partial charge is 0.410 e. The van der Waals surface area contributed by atoms with Crippen molar-refractivity contribution >= 4 is 43.5 Å². The molecular formula is C11H7BrClNO. The molecule has 2 aromatic rings. The van der Waals surface area contributed by atoms with Crippen LogP contribution in [0.4, 0.5) is 0 Å². The van der Waals surface area contributed by atoms with Crippen molar-refractivity contribution in [3.05, 3.63) is 46.4 Å². The first-order chi connectivity index (χ1) is 7.24. The Bertz CT molecular complexity index is 539. The first kappa shape index (κ1) is 10.5. The molecule has 0 saturated heterocycles. The van der Waals surface area contributed by atoms with Crippen LogP contribution in [0.25, 0.3) is 10.8 Å². The normalized spacial score (nSPS) is 12.0. The quantitative estimate of drug-likeness (QED) is 0.479. The van der Waals surface area contributed by atoms with Crippen LogP contribution in [0.15, 0.2) is 46.0 Å². The molecule has 0 aliphatic rings. The molecule has 15 heavy (non-hydrogen) atoms. The molecule has 0 saturated carbocycles. The van der Waals surface area contributed by atoms with Gasteiger partial charge < -0.3 is 5.21 Å². The summed E-state index contributed by atoms with van der Waals surface area (Å²) in [5, 5.41) is 13.8. The number of hydrogen-bond acceptors (Lipinski definition) is 2. The van der Waals surface area contributed by atoms with Gasteiger partial charge in [-0.3, -0.25) is 0 Å². The predicted molar refractivity (Wildman–Crippen MR) is 65.8 cm³/mol. The number of benzene rings is 2. The van der Waals surface area contributed by atoms with Crippen LogP contribution in [-0.4, -0.2) is 10.4 Å². The minimum atomic E-state index is 0.0960. The van der Waals surface area contributed by atoms with Crippen molar-refractivity contribution in [3.8, 4) is 0 Å². The number of oxime groups is 1. The van der Waals surface area contributed by atoms with Gasteiger partial charge in [-0.2, -0.15) is 0 Å². The highest BCUT2D eigenvalue weighted by Crippen LogP contribution is 2.27. The van der Waals surface area contributed by atoms with Gasteiger partial charge in [-0.15, -0.1) is 0 Å². The van der Waals surface area contributed by atoms with E-state index in [2.05, 4.69) is 21.1 Å². The highest BCUT2D eigenvalue weighted by atomic mass is 79.9. The molecule has 76 valence electrons. The van der Waals surface area contributed by atoms with Gasteiger partial charge in [0.15, 0.2) is 5.17 Å². The van der Waals surface area contributed by atoms with Gasteiger partial charge in [-0.25, -0.2) is 0 Å². The van der Waals surface area contributed by atoms with Gasteiger partial charge in [0.05, 0.1) is 0 Å². The van der Waals surface area contributed by atoms with Crippen LogP contribution in [0.2, 0.25) is 0 Å². The molecule has 0 atom stereocenters. The summed E-state index contributed by atoms with van der Waals surface area (Å²) in [6, 6.07) is 11.5. The van der Waals surface area contributed by atoms with Crippen LogP contribution in [0.1, 0.15) is 5.56 Å². The van der Waals surface area contributed by atoms with E-state index in [4.69, 9.17) is 16.8 Å². The lowest BCUT2D eigenvalue weighted by Crippen LogP contribution is -1.92. The molecule has 0 spiro atoms. The molecule has 4 heteroatoms. The Balaban J connectivity index is 2.83. The Morgan fingerprint density at radius 3 is 2.47 bits per heavy atom. The molecule has 0 unspecified atom stereocenters. The lowest BCUT2D eigenvalue weighted by atomic mass is 10.1. The van der Waals surface area contributed by atoms with Crippen LogP contribution < -0.4 is 0 Å². The fraction of sp³-hybridized carbons (Fsp3) is 0. The maximum Gasteiger partial charge on any atom is 0.175 e. The van der Waals surface area contributed by atoms with E-state index >= 15 is 0 Å². The van der Waals surface area contributed by atoms with Crippen LogP contribution in [-0.2, 0) is 0 Å². The van der Waals surface area contributed by atoms with Crippen molar-refractivity contribution in [3.63, 3.8) is 0 Å². The Kier molecular flexibility index (Phi) is 2.93. The summed E-state index contributed by atoms with van der Waals surface area (Å²) in [4.78, 5) is 0. The van der Waals surface area contributed by atoms with Crippen LogP contribution in [0.5, 0.6) is 0 Å². The van der Waals surface area contributed by atoms with E-state index in [9.17, 15) is 0 Å². The van der Waals surface area contributed by atoms with E-state index in [1.807, 2.05) is 36.4 Å². The Morgan fingerprint density at radius 1 is 1.13 bits per heavy atom. The van der Waals surface area contributed by atoms with E-state index in [0.29, 0.717) is 0 Å². The summed E-state index contributed by atoms with van der Waals surface area (Å²) in [6.45, 7) is 0. The number of halogens is 2. The lowest BCUT2D eigenvalue weighted by Gasteiger charge is -2.05. The zero-order valence-corrected chi connectivity index (χ0v) is 9.96. The van der Waals surface area contributed by atoms with Gasteiger partial charge in [0, 0.05) is 10.0 Å². The van der Waals surface area contributed by atoms with Crippen LogP contribution >= 0.6 is 27.5 Å². The van der Waals surface area contributed by atoms with Crippen LogP contribution in [0.3, 0.4) is 0 Å². The minimum Gasteiger partial charge on any atom is -0.410 e.